The number of carbonyl (C=O) groups is 1. The molecule has 30 heavy (non-hydrogen) atoms. The van der Waals surface area contributed by atoms with Crippen molar-refractivity contribution in [1.82, 2.24) is 10.2 Å². The van der Waals surface area contributed by atoms with Crippen LogP contribution in [-0.4, -0.2) is 36.0 Å². The first kappa shape index (κ1) is 19.2. The summed E-state index contributed by atoms with van der Waals surface area (Å²) in [5.74, 6) is 1.34. The largest absolute Gasteiger partial charge is 0.489 e. The third-order valence-corrected chi connectivity index (χ3v) is 6.74. The Morgan fingerprint density at radius 2 is 1.87 bits per heavy atom. The number of amides is 1. The molecule has 5 heteroatoms. The van der Waals surface area contributed by atoms with Crippen LogP contribution >= 0.6 is 0 Å². The van der Waals surface area contributed by atoms with Crippen LogP contribution in [0, 0.1) is 6.92 Å². The lowest BCUT2D eigenvalue weighted by molar-refractivity contribution is 0.0882. The van der Waals surface area contributed by atoms with E-state index in [9.17, 15) is 4.79 Å². The third-order valence-electron chi connectivity index (χ3n) is 6.74. The molecule has 5 rings (SSSR count). The number of aryl methyl sites for hydroxylation is 1. The van der Waals surface area contributed by atoms with Crippen LogP contribution in [0.4, 0.5) is 0 Å². The van der Waals surface area contributed by atoms with Crippen LogP contribution in [-0.2, 0) is 6.61 Å². The Labute approximate surface area is 177 Å². The zero-order valence-electron chi connectivity index (χ0n) is 17.6. The van der Waals surface area contributed by atoms with Crippen molar-refractivity contribution in [2.75, 3.05) is 7.05 Å². The van der Waals surface area contributed by atoms with Crippen LogP contribution in [0.1, 0.15) is 47.4 Å². The van der Waals surface area contributed by atoms with E-state index in [1.807, 2.05) is 55.5 Å². The second-order valence-corrected chi connectivity index (χ2v) is 8.66. The molecule has 3 aromatic rings. The van der Waals surface area contributed by atoms with Gasteiger partial charge in [-0.25, -0.2) is 0 Å². The molecule has 156 valence electrons. The Kier molecular flexibility index (Phi) is 4.99. The van der Waals surface area contributed by atoms with Gasteiger partial charge in [-0.05, 0) is 63.4 Å². The highest BCUT2D eigenvalue weighted by Gasteiger charge is 2.39. The van der Waals surface area contributed by atoms with Gasteiger partial charge in [0.25, 0.3) is 5.91 Å². The highest BCUT2D eigenvalue weighted by Crippen LogP contribution is 2.35. The van der Waals surface area contributed by atoms with Crippen molar-refractivity contribution in [2.24, 2.45) is 0 Å². The Bertz CT molecular complexity index is 1040. The summed E-state index contributed by atoms with van der Waals surface area (Å²) in [4.78, 5) is 15.7. The molecule has 2 aliphatic rings. The molecule has 0 spiro atoms. The zero-order chi connectivity index (χ0) is 20.7. The summed E-state index contributed by atoms with van der Waals surface area (Å²) in [6.07, 6.45) is 4.53. The van der Waals surface area contributed by atoms with Gasteiger partial charge in [0, 0.05) is 23.5 Å². The SMILES string of the molecule is Cc1oc2ccc(OCc3ccccc3)cc2c1C(=O)NC1CC2CCC(C1)N2C. The number of nitrogens with one attached hydrogen (secondary N) is 1. The number of hydrogen-bond acceptors (Lipinski definition) is 4. The topological polar surface area (TPSA) is 54.7 Å². The van der Waals surface area contributed by atoms with Crippen LogP contribution in [0.15, 0.2) is 52.9 Å². The average Bonchev–Trinajstić information content (AvgIpc) is 3.16. The maximum atomic E-state index is 13.2. The number of piperidine rings is 1. The molecular weight excluding hydrogens is 376 g/mol. The number of furan rings is 1. The Balaban J connectivity index is 1.34. The fourth-order valence-corrected chi connectivity index (χ4v) is 5.10. The fraction of sp³-hybridized carbons (Fsp3) is 0.400. The van der Waals surface area contributed by atoms with Crippen molar-refractivity contribution in [3.8, 4) is 5.75 Å². The first-order valence-electron chi connectivity index (χ1n) is 10.8. The van der Waals surface area contributed by atoms with E-state index in [2.05, 4.69) is 17.3 Å². The van der Waals surface area contributed by atoms with Gasteiger partial charge < -0.3 is 19.4 Å². The predicted octanol–water partition coefficient (Wildman–Crippen LogP) is 4.68. The van der Waals surface area contributed by atoms with Gasteiger partial charge in [0.1, 0.15) is 23.7 Å². The van der Waals surface area contributed by atoms with E-state index in [4.69, 9.17) is 9.15 Å². The van der Waals surface area contributed by atoms with Crippen LogP contribution in [0.2, 0.25) is 0 Å². The van der Waals surface area contributed by atoms with E-state index in [1.54, 1.807) is 0 Å². The van der Waals surface area contributed by atoms with Crippen molar-refractivity contribution in [3.05, 3.63) is 65.4 Å². The second kappa shape index (κ2) is 7.80. The number of carbonyl (C=O) groups excluding carboxylic acids is 1. The average molecular weight is 405 g/mol. The molecule has 2 atom stereocenters. The van der Waals surface area contributed by atoms with Gasteiger partial charge >= 0.3 is 0 Å². The number of benzene rings is 2. The van der Waals surface area contributed by atoms with Crippen LogP contribution < -0.4 is 10.1 Å². The summed E-state index contributed by atoms with van der Waals surface area (Å²) in [7, 11) is 2.21. The smallest absolute Gasteiger partial charge is 0.255 e. The minimum atomic E-state index is -0.0413. The van der Waals surface area contributed by atoms with Crippen molar-refractivity contribution >= 4 is 16.9 Å². The minimum absolute atomic E-state index is 0.0413. The third kappa shape index (κ3) is 3.58. The van der Waals surface area contributed by atoms with Crippen molar-refractivity contribution in [1.29, 1.82) is 0 Å². The Morgan fingerprint density at radius 3 is 2.60 bits per heavy atom. The lowest BCUT2D eigenvalue weighted by Gasteiger charge is -2.36. The van der Waals surface area contributed by atoms with E-state index in [-0.39, 0.29) is 11.9 Å². The van der Waals surface area contributed by atoms with Gasteiger partial charge in [-0.2, -0.15) is 0 Å². The Hall–Kier alpha value is -2.79. The monoisotopic (exact) mass is 404 g/mol. The van der Waals surface area contributed by atoms with Gasteiger partial charge in [0.15, 0.2) is 0 Å². The van der Waals surface area contributed by atoms with Crippen LogP contribution in [0.25, 0.3) is 11.0 Å². The Morgan fingerprint density at radius 1 is 1.13 bits per heavy atom. The lowest BCUT2D eigenvalue weighted by Crippen LogP contribution is -2.48. The lowest BCUT2D eigenvalue weighted by atomic mass is 9.97. The number of fused-ring (bicyclic) bond motifs is 3. The van der Waals surface area contributed by atoms with Gasteiger partial charge in [-0.1, -0.05) is 30.3 Å². The van der Waals surface area contributed by atoms with Crippen molar-refractivity contribution in [2.45, 2.75) is 57.3 Å². The van der Waals surface area contributed by atoms with Gasteiger partial charge in [-0.15, -0.1) is 0 Å². The van der Waals surface area contributed by atoms with Crippen molar-refractivity contribution < 1.29 is 13.9 Å². The maximum absolute atomic E-state index is 13.2. The summed E-state index contributed by atoms with van der Waals surface area (Å²) >= 11 is 0. The molecule has 0 saturated carbocycles. The normalized spacial score (nSPS) is 23.6. The molecule has 3 heterocycles. The number of ether oxygens (including phenoxy) is 1. The molecule has 2 saturated heterocycles. The zero-order valence-corrected chi connectivity index (χ0v) is 17.6. The molecule has 0 aliphatic carbocycles. The molecule has 2 aromatic carbocycles. The van der Waals surface area contributed by atoms with Gasteiger partial charge in [0.2, 0.25) is 0 Å². The second-order valence-electron chi connectivity index (χ2n) is 8.66. The molecule has 1 aromatic heterocycles. The summed E-state index contributed by atoms with van der Waals surface area (Å²) in [5.41, 5.74) is 2.45. The molecule has 0 radical (unpaired) electrons. The van der Waals surface area contributed by atoms with E-state index in [0.29, 0.717) is 35.6 Å². The fourth-order valence-electron chi connectivity index (χ4n) is 5.10. The predicted molar refractivity (Wildman–Crippen MR) is 117 cm³/mol. The minimum Gasteiger partial charge on any atom is -0.489 e. The van der Waals surface area contributed by atoms with Gasteiger partial charge in [-0.3, -0.25) is 4.79 Å². The molecule has 2 fully saturated rings. The summed E-state index contributed by atoms with van der Waals surface area (Å²) < 4.78 is 11.8. The molecule has 1 N–H and O–H groups in total. The summed E-state index contributed by atoms with van der Waals surface area (Å²) in [6.45, 7) is 2.35. The molecule has 2 aliphatic heterocycles. The van der Waals surface area contributed by atoms with Crippen LogP contribution in [0.3, 0.4) is 0 Å². The standard InChI is InChI=1S/C25H28N2O3/c1-16-24(25(28)26-18-12-19-8-9-20(13-18)27(19)2)22-14-21(10-11-23(22)30-16)29-15-17-6-4-3-5-7-17/h3-7,10-11,14,18-20H,8-9,12-13,15H2,1-2H3,(H,26,28). The van der Waals surface area contributed by atoms with E-state index < -0.39 is 0 Å². The number of hydrogen-bond donors (Lipinski definition) is 1. The highest BCUT2D eigenvalue weighted by atomic mass is 16.5. The van der Waals surface area contributed by atoms with E-state index in [1.165, 1.54) is 12.8 Å². The van der Waals surface area contributed by atoms with E-state index in [0.717, 1.165) is 29.5 Å². The number of nitrogens with zero attached hydrogens (tertiary/aromatic N) is 1. The summed E-state index contributed by atoms with van der Waals surface area (Å²) in [6, 6.07) is 17.2. The quantitative estimate of drug-likeness (QED) is 0.671. The number of rotatable bonds is 5. The van der Waals surface area contributed by atoms with Gasteiger partial charge in [0.05, 0.1) is 5.56 Å². The summed E-state index contributed by atoms with van der Waals surface area (Å²) in [5, 5.41) is 4.10. The molecule has 5 nitrogen and oxygen atoms in total. The molecular formula is C25H28N2O3. The van der Waals surface area contributed by atoms with E-state index >= 15 is 0 Å². The molecule has 1 amide bonds. The first-order chi connectivity index (χ1) is 14.6. The first-order valence-corrected chi connectivity index (χ1v) is 10.8. The molecule has 2 bridgehead atoms. The highest BCUT2D eigenvalue weighted by molar-refractivity contribution is 6.07. The van der Waals surface area contributed by atoms with Crippen LogP contribution in [0.5, 0.6) is 5.75 Å². The van der Waals surface area contributed by atoms with Crippen molar-refractivity contribution in [3.63, 3.8) is 0 Å². The molecule has 2 unspecified atom stereocenters. The maximum Gasteiger partial charge on any atom is 0.255 e.